The number of carbonyl (C=O) groups is 1. The van der Waals surface area contributed by atoms with Gasteiger partial charge in [-0.3, -0.25) is 19.8 Å². The molecule has 29 heteroatoms. The molecule has 0 aliphatic heterocycles. The third-order valence-corrected chi connectivity index (χ3v) is 20.9. The number of amides is 1. The predicted molar refractivity (Wildman–Crippen MR) is 583 cm³/mol. The van der Waals surface area contributed by atoms with Gasteiger partial charge >= 0.3 is 0 Å². The number of hydrogen-bond acceptors (Lipinski definition) is 19. The molecule has 1 aromatic carbocycles. The lowest BCUT2D eigenvalue weighted by molar-refractivity contribution is -0.124. The highest BCUT2D eigenvalue weighted by Crippen LogP contribution is 2.27. The van der Waals surface area contributed by atoms with Crippen molar-refractivity contribution in [3.63, 3.8) is 0 Å². The minimum Gasteiger partial charge on any atom is -0.445 e. The fourth-order valence-electron chi connectivity index (χ4n) is 11.3. The lowest BCUT2D eigenvalue weighted by Gasteiger charge is -2.09. The zero-order valence-electron chi connectivity index (χ0n) is 96.3. The Morgan fingerprint density at radius 2 is 0.887 bits per heavy atom. The summed E-state index contributed by atoms with van der Waals surface area (Å²) in [4.78, 5) is 69.9. The number of rotatable bonds is 25. The fourth-order valence-corrected chi connectivity index (χ4v) is 11.3. The first-order valence-corrected chi connectivity index (χ1v) is 51.9. The quantitative estimate of drug-likeness (QED) is 0.0246. The largest absolute Gasteiger partial charge is 0.445 e. The zero-order chi connectivity index (χ0) is 108. The molecule has 0 saturated carbocycles. The van der Waals surface area contributed by atoms with E-state index < -0.39 is 0 Å². The van der Waals surface area contributed by atoms with E-state index in [0.717, 1.165) is 105 Å². The number of aromatic amines is 7. The van der Waals surface area contributed by atoms with Crippen LogP contribution >= 0.6 is 0 Å². The van der Waals surface area contributed by atoms with Crippen LogP contribution in [0.3, 0.4) is 0 Å². The van der Waals surface area contributed by atoms with Gasteiger partial charge in [0, 0.05) is 131 Å². The van der Waals surface area contributed by atoms with Gasteiger partial charge in [-0.05, 0) is 118 Å². The SMILES string of the molecule is CC(C)C#Cc1cnc(C(C)C)[nH]1.CC(C)Cc1ncc(C(C)C)[nH]1.CC(C)NC(=O)C(C)C.CC(C)c1cc(=O)[nH]c(C(C)C)n1.CC(C)c1cc(C(C)C)[nH]n1.CC(C)c1ccc(-c2cnc(C(C)C)[nH]2)cc1.CC(C)c1cn(C(C)C)nn1.CC(C)c1cnc(C(C)C)[nH]1.CC(C)c1cnc(C(C)C)o1.CC(C)c1cnn(C(C)C)n1.CC(C)c1n[nH]c(C(C)C)n1.CC(C)c1nnc(C(C)C)o1. The normalized spacial score (nSPS) is 11.3. The Morgan fingerprint density at radius 3 is 1.21 bits per heavy atom. The number of oxazole rings is 1. The van der Waals surface area contributed by atoms with Crippen LogP contribution in [0, 0.1) is 29.6 Å². The molecule has 0 saturated heterocycles. The predicted octanol–water partition coefficient (Wildman–Crippen LogP) is 29.3. The summed E-state index contributed by atoms with van der Waals surface area (Å²) >= 11 is 0. The molecule has 0 fully saturated rings. The smallest absolute Gasteiger partial charge is 0.251 e. The van der Waals surface area contributed by atoms with Crippen LogP contribution in [0.2, 0.25) is 0 Å². The van der Waals surface area contributed by atoms with Crippen molar-refractivity contribution in [2.75, 3.05) is 0 Å². The van der Waals surface area contributed by atoms with Gasteiger partial charge in [0.2, 0.25) is 17.7 Å². The maximum absolute atomic E-state index is 11.2. The van der Waals surface area contributed by atoms with Gasteiger partial charge in [-0.15, -0.1) is 15.3 Å². The van der Waals surface area contributed by atoms with E-state index in [1.807, 2.05) is 125 Å². The maximum Gasteiger partial charge on any atom is 0.251 e. The second kappa shape index (κ2) is 65.2. The molecule has 11 aromatic heterocycles. The molecular formula is C112H191N25O4. The first-order chi connectivity index (χ1) is 65.6. The molecule has 12 aromatic rings. The van der Waals surface area contributed by atoms with Crippen molar-refractivity contribution >= 4 is 5.91 Å². The highest BCUT2D eigenvalue weighted by Gasteiger charge is 2.18. The molecule has 0 radical (unpaired) electrons. The van der Waals surface area contributed by atoms with Crippen molar-refractivity contribution in [2.24, 2.45) is 17.8 Å². The number of benzene rings is 1. The van der Waals surface area contributed by atoms with Crippen LogP contribution in [0.15, 0.2) is 93.4 Å². The van der Waals surface area contributed by atoms with Crippen LogP contribution in [0.1, 0.15) is 566 Å². The van der Waals surface area contributed by atoms with Crippen LogP contribution in [0.4, 0.5) is 0 Å². The Bertz CT molecular complexity index is 4710. The van der Waals surface area contributed by atoms with Crippen molar-refractivity contribution in [1.29, 1.82) is 0 Å². The third-order valence-electron chi connectivity index (χ3n) is 20.9. The summed E-state index contributed by atoms with van der Waals surface area (Å²) in [5.41, 5.74) is 12.4. The molecule has 0 bridgehead atoms. The lowest BCUT2D eigenvalue weighted by Crippen LogP contribution is -2.33. The van der Waals surface area contributed by atoms with E-state index in [9.17, 15) is 9.59 Å². The van der Waals surface area contributed by atoms with Gasteiger partial charge in [-0.2, -0.15) is 25.2 Å². The summed E-state index contributed by atoms with van der Waals surface area (Å²) in [6.45, 7) is 101. The summed E-state index contributed by atoms with van der Waals surface area (Å²) < 4.78 is 12.8. The molecule has 0 atom stereocenters. The van der Waals surface area contributed by atoms with E-state index in [1.54, 1.807) is 17.1 Å². The van der Waals surface area contributed by atoms with Crippen LogP contribution in [-0.4, -0.2) is 132 Å². The van der Waals surface area contributed by atoms with Gasteiger partial charge in [0.05, 0.1) is 59.3 Å². The van der Waals surface area contributed by atoms with Crippen molar-refractivity contribution < 1.29 is 13.6 Å². The van der Waals surface area contributed by atoms with Gasteiger partial charge in [0.25, 0.3) is 5.56 Å². The molecule has 29 nitrogen and oxygen atoms in total. The third kappa shape index (κ3) is 51.0. The van der Waals surface area contributed by atoms with Crippen LogP contribution in [0.25, 0.3) is 11.3 Å². The maximum atomic E-state index is 11.2. The summed E-state index contributed by atoms with van der Waals surface area (Å²) in [6, 6.07) is 13.5. The molecular weight excluding hydrogens is 1760 g/mol. The number of imidazole rings is 4. The van der Waals surface area contributed by atoms with E-state index >= 15 is 0 Å². The van der Waals surface area contributed by atoms with Gasteiger partial charge < -0.3 is 39.1 Å². The molecule has 8 N–H and O–H groups in total. The topological polar surface area (TPSA) is 386 Å². The van der Waals surface area contributed by atoms with Gasteiger partial charge in [-0.1, -0.05) is 326 Å². The number of aromatic nitrogens is 24. The molecule has 12 rings (SSSR count). The monoisotopic (exact) mass is 1950 g/mol. The molecule has 141 heavy (non-hydrogen) atoms. The average Bonchev–Trinajstić information content (AvgIpc) is 1.76. The second-order valence-electron chi connectivity index (χ2n) is 43.5. The number of hydrogen-bond donors (Lipinski definition) is 8. The first-order valence-electron chi connectivity index (χ1n) is 51.9. The minimum atomic E-state index is -0.0533. The Hall–Kier alpha value is -11.0. The van der Waals surface area contributed by atoms with Crippen LogP contribution < -0.4 is 10.9 Å². The molecule has 788 valence electrons. The average molecular weight is 1950 g/mol. The van der Waals surface area contributed by atoms with Crippen LogP contribution in [-0.2, 0) is 11.2 Å². The second-order valence-corrected chi connectivity index (χ2v) is 43.5. The molecule has 0 aliphatic carbocycles. The minimum absolute atomic E-state index is 0.0533. The molecule has 1 amide bonds. The van der Waals surface area contributed by atoms with Crippen LogP contribution in [0.5, 0.6) is 0 Å². The Balaban J connectivity index is 0.000000771. The van der Waals surface area contributed by atoms with Gasteiger partial charge in [0.1, 0.15) is 46.4 Å². The van der Waals surface area contributed by atoms with Crippen molar-refractivity contribution in [3.8, 4) is 23.1 Å². The summed E-state index contributed by atoms with van der Waals surface area (Å²) in [7, 11) is 0. The summed E-state index contributed by atoms with van der Waals surface area (Å²) in [5.74, 6) is 25.7. The Morgan fingerprint density at radius 1 is 0.390 bits per heavy atom. The van der Waals surface area contributed by atoms with Gasteiger partial charge in [-0.25, -0.2) is 39.6 Å². The number of nitrogens with zero attached hydrogens (tertiary/aromatic N) is 17. The standard InChI is InChI=1S/C15H20N2.C11H16N2.C10H16N2O.C10H18N2.2C9H16N2.C9H15NO.3C8H15N3.C8H14N2O.C7H15NO/c1-10(2)12-5-7-13(8-6-12)14-9-16-15(17-14)11(3)4;1-8(2)5-6-10-7-12-11(13-10)9(3)4;1-6(2)8-5-9(13)12-10(11-8)7(3)4;1-7(2)5-10-11-6-9(12-10)8(3)4;1-6(2)8-5-10-9(11-8)7(3)4;1-6(2)8-5-9(7(3)4)11-10-8;1-6(2)8-5-10-9(11-8)7(3)4;1-6(2)8-5-11(7(3)4)10-9-8;1-6(2)8-5-9-11(10-8)7(3)4;1-5(2)7-9-8(6(3)4)11-10-7;1-5(2)7-9-10-8(11-7)6(3)4;1-5(2)7(9)8-6(3)4/h5-11H,1-4H3,(H,16,17);7-9H,1-4H3,(H,12,13);5-7H,1-4H3,(H,11,12,13);6-8H,5H2,1-4H3,(H,11,12);2*5-7H,1-4H3,(H,10,11);3*5-7H,1-4H3;5-6H,1-4H3,(H,9,10,11);5-6H,1-4H3;5-6H,1-4H3,(H,8,9). The molecule has 0 aliphatic rings. The van der Waals surface area contributed by atoms with E-state index in [2.05, 4.69) is 408 Å². The fraction of sp³-hybridized carbons (Fsp3) is 0.652. The van der Waals surface area contributed by atoms with Crippen molar-refractivity contribution in [1.82, 2.24) is 126 Å². The van der Waals surface area contributed by atoms with E-state index in [0.29, 0.717) is 125 Å². The molecule has 0 spiro atoms. The lowest BCUT2D eigenvalue weighted by atomic mass is 10.0. The Kier molecular flexibility index (Phi) is 59.2. The van der Waals surface area contributed by atoms with E-state index in [4.69, 9.17) is 8.83 Å². The molecule has 11 heterocycles. The van der Waals surface area contributed by atoms with Gasteiger partial charge in [0.15, 0.2) is 11.7 Å². The van der Waals surface area contributed by atoms with Crippen molar-refractivity contribution in [3.05, 3.63) is 205 Å². The highest BCUT2D eigenvalue weighted by atomic mass is 16.4. The number of nitrogens with one attached hydrogen (secondary N) is 8. The first kappa shape index (κ1) is 128. The summed E-state index contributed by atoms with van der Waals surface area (Å²) in [5, 5.41) is 41.4. The molecule has 0 unspecified atom stereocenters. The Labute approximate surface area is 850 Å². The van der Waals surface area contributed by atoms with Crippen molar-refractivity contribution in [2.45, 2.75) is 463 Å². The van der Waals surface area contributed by atoms with E-state index in [1.165, 1.54) is 28.2 Å². The zero-order valence-corrected chi connectivity index (χ0v) is 96.3. The number of carbonyl (C=O) groups excluding carboxylic acids is 1. The summed E-state index contributed by atoms with van der Waals surface area (Å²) in [6.07, 6.45) is 14.3. The number of H-pyrrole nitrogens is 7. The highest BCUT2D eigenvalue weighted by molar-refractivity contribution is 5.78. The van der Waals surface area contributed by atoms with E-state index in [-0.39, 0.29) is 29.3 Å².